The highest BCUT2D eigenvalue weighted by Crippen LogP contribution is 2.23. The normalized spacial score (nSPS) is 11.8. The molecule has 1 N–H and O–H groups in total. The molecule has 3 aromatic rings. The van der Waals surface area contributed by atoms with Crippen LogP contribution in [0.25, 0.3) is 0 Å². The van der Waals surface area contributed by atoms with Crippen LogP contribution in [0, 0.1) is 0 Å². The number of nitrogens with one attached hydrogen (secondary N) is 1. The van der Waals surface area contributed by atoms with Crippen LogP contribution in [0.15, 0.2) is 58.1 Å². The molecule has 1 aromatic heterocycles. The zero-order valence-electron chi connectivity index (χ0n) is 20.5. The molecule has 0 fully saturated rings. The molecule has 33 heavy (non-hydrogen) atoms. The van der Waals surface area contributed by atoms with Gasteiger partial charge in [0.25, 0.3) is 0 Å². The summed E-state index contributed by atoms with van der Waals surface area (Å²) in [7, 11) is 0. The number of anilines is 2. The maximum absolute atomic E-state index is 13.3. The number of hydrogen-bond acceptors (Lipinski definition) is 5. The summed E-state index contributed by atoms with van der Waals surface area (Å²) in [6, 6.07) is 15.2. The van der Waals surface area contributed by atoms with E-state index in [0.29, 0.717) is 12.2 Å². The minimum Gasteiger partial charge on any atom is -0.491 e. The Labute approximate surface area is 195 Å². The van der Waals surface area contributed by atoms with Gasteiger partial charge in [-0.3, -0.25) is 4.57 Å². The molecule has 2 aromatic carbocycles. The minimum absolute atomic E-state index is 0.0416. The molecule has 176 valence electrons. The van der Waals surface area contributed by atoms with Gasteiger partial charge < -0.3 is 10.1 Å². The first-order valence-corrected chi connectivity index (χ1v) is 11.3. The maximum Gasteiger partial charge on any atom is 0.355 e. The molecule has 0 bridgehead atoms. The molecule has 7 nitrogen and oxygen atoms in total. The van der Waals surface area contributed by atoms with Crippen molar-refractivity contribution in [3.05, 3.63) is 80.6 Å². The van der Waals surface area contributed by atoms with Crippen LogP contribution in [-0.4, -0.2) is 20.2 Å². The Morgan fingerprint density at radius 1 is 0.939 bits per heavy atom. The van der Waals surface area contributed by atoms with Gasteiger partial charge in [0.05, 0.1) is 12.6 Å². The fourth-order valence-corrected chi connectivity index (χ4v) is 3.50. The standard InChI is InChI=1S/C26H34N4O3/c1-17(2)30-24(31)28-23(27-21-12-14-22(15-13-21)33-18(3)4)29(25(30)32)16-19-8-10-20(11-9-19)26(5,6)7/h8-15,17-18H,16H2,1-7H3,(H,27,28,31). The fraction of sp³-hybridized carbons (Fsp3) is 0.423. The Kier molecular flexibility index (Phi) is 7.10. The Bertz CT molecular complexity index is 1200. The monoisotopic (exact) mass is 450 g/mol. The molecule has 1 heterocycles. The zero-order valence-corrected chi connectivity index (χ0v) is 20.5. The first-order valence-electron chi connectivity index (χ1n) is 11.3. The second-order valence-electron chi connectivity index (χ2n) is 9.81. The molecule has 0 spiro atoms. The van der Waals surface area contributed by atoms with Gasteiger partial charge in [-0.25, -0.2) is 14.2 Å². The van der Waals surface area contributed by atoms with Gasteiger partial charge >= 0.3 is 11.4 Å². The van der Waals surface area contributed by atoms with Crippen molar-refractivity contribution in [2.24, 2.45) is 0 Å². The van der Waals surface area contributed by atoms with Crippen molar-refractivity contribution >= 4 is 11.6 Å². The van der Waals surface area contributed by atoms with Gasteiger partial charge in [-0.05, 0) is 68.5 Å². The number of aromatic nitrogens is 3. The average Bonchev–Trinajstić information content (AvgIpc) is 2.71. The Morgan fingerprint density at radius 3 is 2.06 bits per heavy atom. The molecule has 0 unspecified atom stereocenters. The lowest BCUT2D eigenvalue weighted by Crippen LogP contribution is -2.43. The van der Waals surface area contributed by atoms with E-state index in [1.165, 1.54) is 14.7 Å². The van der Waals surface area contributed by atoms with E-state index in [2.05, 4.69) is 43.2 Å². The highest BCUT2D eigenvalue weighted by atomic mass is 16.5. The summed E-state index contributed by atoms with van der Waals surface area (Å²) in [5, 5.41) is 3.14. The van der Waals surface area contributed by atoms with Gasteiger partial charge in [0.15, 0.2) is 0 Å². The van der Waals surface area contributed by atoms with Crippen LogP contribution < -0.4 is 21.4 Å². The predicted octanol–water partition coefficient (Wildman–Crippen LogP) is 4.86. The third kappa shape index (κ3) is 5.92. The summed E-state index contributed by atoms with van der Waals surface area (Å²) in [6.07, 6.45) is 0.0731. The SMILES string of the molecule is CC(C)Oc1ccc(Nc2nc(=O)n(C(C)C)c(=O)n2Cc2ccc(C(C)(C)C)cc2)cc1. The first kappa shape index (κ1) is 24.3. The third-order valence-corrected chi connectivity index (χ3v) is 5.26. The van der Waals surface area contributed by atoms with Gasteiger partial charge in [-0.15, -0.1) is 0 Å². The number of hydrogen-bond donors (Lipinski definition) is 1. The minimum atomic E-state index is -0.573. The number of rotatable bonds is 7. The molecular weight excluding hydrogens is 416 g/mol. The van der Waals surface area contributed by atoms with E-state index in [-0.39, 0.29) is 23.5 Å². The van der Waals surface area contributed by atoms with Crippen LogP contribution >= 0.6 is 0 Å². The van der Waals surface area contributed by atoms with Crippen molar-refractivity contribution in [3.63, 3.8) is 0 Å². The van der Waals surface area contributed by atoms with Crippen molar-refractivity contribution < 1.29 is 4.74 Å². The third-order valence-electron chi connectivity index (χ3n) is 5.26. The first-order chi connectivity index (χ1) is 15.5. The molecular formula is C26H34N4O3. The maximum atomic E-state index is 13.3. The lowest BCUT2D eigenvalue weighted by Gasteiger charge is -2.20. The molecule has 0 saturated heterocycles. The van der Waals surface area contributed by atoms with Gasteiger partial charge in [0, 0.05) is 11.7 Å². The predicted molar refractivity (Wildman–Crippen MR) is 133 cm³/mol. The van der Waals surface area contributed by atoms with Crippen molar-refractivity contribution in [2.45, 2.75) is 72.6 Å². The average molecular weight is 451 g/mol. The van der Waals surface area contributed by atoms with Gasteiger partial charge in [0.1, 0.15) is 5.75 Å². The molecule has 0 atom stereocenters. The quantitative estimate of drug-likeness (QED) is 0.556. The van der Waals surface area contributed by atoms with Crippen molar-refractivity contribution in [2.75, 3.05) is 5.32 Å². The largest absolute Gasteiger partial charge is 0.491 e. The van der Waals surface area contributed by atoms with E-state index in [1.54, 1.807) is 13.8 Å². The summed E-state index contributed by atoms with van der Waals surface area (Å²) in [6.45, 7) is 14.3. The Hall–Kier alpha value is -3.35. The van der Waals surface area contributed by atoms with Crippen LogP contribution in [0.2, 0.25) is 0 Å². The van der Waals surface area contributed by atoms with E-state index >= 15 is 0 Å². The van der Waals surface area contributed by atoms with E-state index in [0.717, 1.165) is 11.3 Å². The molecule has 7 heteroatoms. The summed E-state index contributed by atoms with van der Waals surface area (Å²) in [4.78, 5) is 30.1. The van der Waals surface area contributed by atoms with Gasteiger partial charge in [0.2, 0.25) is 5.95 Å². The van der Waals surface area contributed by atoms with Crippen LogP contribution in [0.3, 0.4) is 0 Å². The van der Waals surface area contributed by atoms with E-state index in [9.17, 15) is 9.59 Å². The van der Waals surface area contributed by atoms with Crippen LogP contribution in [0.4, 0.5) is 11.6 Å². The number of ether oxygens (including phenoxy) is 1. The molecule has 0 amide bonds. The molecule has 0 aliphatic carbocycles. The van der Waals surface area contributed by atoms with Crippen LogP contribution in [0.5, 0.6) is 5.75 Å². The van der Waals surface area contributed by atoms with E-state index < -0.39 is 11.4 Å². The van der Waals surface area contributed by atoms with Crippen molar-refractivity contribution in [1.82, 2.24) is 14.1 Å². The molecule has 0 radical (unpaired) electrons. The lowest BCUT2D eigenvalue weighted by atomic mass is 9.87. The molecule has 3 rings (SSSR count). The summed E-state index contributed by atoms with van der Waals surface area (Å²) >= 11 is 0. The highest BCUT2D eigenvalue weighted by molar-refractivity contribution is 5.54. The molecule has 0 saturated carbocycles. The van der Waals surface area contributed by atoms with Crippen LogP contribution in [-0.2, 0) is 12.0 Å². The second-order valence-corrected chi connectivity index (χ2v) is 9.81. The van der Waals surface area contributed by atoms with E-state index in [1.807, 2.05) is 50.2 Å². The summed E-state index contributed by atoms with van der Waals surface area (Å²) in [5.41, 5.74) is 1.94. The highest BCUT2D eigenvalue weighted by Gasteiger charge is 2.17. The van der Waals surface area contributed by atoms with Gasteiger partial charge in [-0.2, -0.15) is 4.98 Å². The van der Waals surface area contributed by atoms with Crippen molar-refractivity contribution in [1.29, 1.82) is 0 Å². The van der Waals surface area contributed by atoms with E-state index in [4.69, 9.17) is 4.74 Å². The molecule has 0 aliphatic rings. The Morgan fingerprint density at radius 2 is 1.55 bits per heavy atom. The van der Waals surface area contributed by atoms with Gasteiger partial charge in [-0.1, -0.05) is 45.0 Å². The zero-order chi connectivity index (χ0) is 24.3. The lowest BCUT2D eigenvalue weighted by molar-refractivity contribution is 0.242. The topological polar surface area (TPSA) is 78.2 Å². The number of benzene rings is 2. The summed E-state index contributed by atoms with van der Waals surface area (Å²) in [5.74, 6) is 0.953. The second kappa shape index (κ2) is 9.65. The summed E-state index contributed by atoms with van der Waals surface area (Å²) < 4.78 is 8.36. The van der Waals surface area contributed by atoms with Crippen molar-refractivity contribution in [3.8, 4) is 5.75 Å². The molecule has 0 aliphatic heterocycles. The fourth-order valence-electron chi connectivity index (χ4n) is 3.50. The Balaban J connectivity index is 1.99. The number of nitrogens with zero attached hydrogens (tertiary/aromatic N) is 3. The smallest absolute Gasteiger partial charge is 0.355 e. The van der Waals surface area contributed by atoms with Crippen LogP contribution in [0.1, 0.15) is 65.6 Å².